The van der Waals surface area contributed by atoms with E-state index in [1.165, 1.54) is 25.7 Å². The maximum absolute atomic E-state index is 5.86. The quantitative estimate of drug-likeness (QED) is 0.547. The molecule has 0 aromatic rings. The third-order valence-electron chi connectivity index (χ3n) is 2.73. The van der Waals surface area contributed by atoms with Crippen LogP contribution in [-0.2, 0) is 4.74 Å². The van der Waals surface area contributed by atoms with Gasteiger partial charge >= 0.3 is 0 Å². The molecule has 0 bridgehead atoms. The summed E-state index contributed by atoms with van der Waals surface area (Å²) in [5.41, 5.74) is 0. The van der Waals surface area contributed by atoms with Crippen molar-refractivity contribution >= 4 is 0 Å². The summed E-state index contributed by atoms with van der Waals surface area (Å²) < 4.78 is 5.86. The highest BCUT2D eigenvalue weighted by molar-refractivity contribution is 4.61. The van der Waals surface area contributed by atoms with Crippen LogP contribution >= 0.6 is 0 Å². The van der Waals surface area contributed by atoms with Crippen LogP contribution in [0, 0.1) is 5.92 Å². The zero-order chi connectivity index (χ0) is 12.2. The topological polar surface area (TPSA) is 21.3 Å². The lowest BCUT2D eigenvalue weighted by Crippen LogP contribution is -2.31. The maximum atomic E-state index is 5.86. The summed E-state index contributed by atoms with van der Waals surface area (Å²) in [4.78, 5) is 0. The van der Waals surface area contributed by atoms with Crippen molar-refractivity contribution in [2.24, 2.45) is 5.92 Å². The molecule has 2 nitrogen and oxygen atoms in total. The number of hydrogen-bond acceptors (Lipinski definition) is 2. The number of ether oxygens (including phenoxy) is 1. The summed E-state index contributed by atoms with van der Waals surface area (Å²) in [5.74, 6) is 0.724. The second kappa shape index (κ2) is 11.4. The Morgan fingerprint density at radius 2 is 1.75 bits per heavy atom. The van der Waals surface area contributed by atoms with Gasteiger partial charge in [0.1, 0.15) is 0 Å². The summed E-state index contributed by atoms with van der Waals surface area (Å²) in [6.45, 7) is 11.9. The molecule has 0 amide bonds. The minimum absolute atomic E-state index is 0.403. The minimum atomic E-state index is 0.403. The molecule has 2 heteroatoms. The fraction of sp³-hybridized carbons (Fsp3) is 1.00. The summed E-state index contributed by atoms with van der Waals surface area (Å²) in [7, 11) is 0. The molecule has 0 aliphatic heterocycles. The number of hydrogen-bond donors (Lipinski definition) is 1. The molecule has 16 heavy (non-hydrogen) atoms. The van der Waals surface area contributed by atoms with Crippen molar-refractivity contribution < 1.29 is 4.74 Å². The molecule has 0 fully saturated rings. The average Bonchev–Trinajstić information content (AvgIpc) is 2.26. The molecule has 0 rings (SSSR count). The smallest absolute Gasteiger partial charge is 0.0696 e. The first-order valence-electron chi connectivity index (χ1n) is 7.03. The van der Waals surface area contributed by atoms with Crippen LogP contribution in [0.5, 0.6) is 0 Å². The Hall–Kier alpha value is -0.0800. The van der Waals surface area contributed by atoms with Crippen molar-refractivity contribution in [3.8, 4) is 0 Å². The van der Waals surface area contributed by atoms with Gasteiger partial charge in [0, 0.05) is 13.2 Å². The molecule has 0 saturated carbocycles. The molecule has 0 aliphatic rings. The molecular weight excluding hydrogens is 198 g/mol. The normalized spacial score (nSPS) is 13.3. The Kier molecular flexibility index (Phi) is 11.3. The van der Waals surface area contributed by atoms with E-state index in [9.17, 15) is 0 Å². The van der Waals surface area contributed by atoms with Crippen LogP contribution in [0.3, 0.4) is 0 Å². The molecule has 0 heterocycles. The van der Waals surface area contributed by atoms with Gasteiger partial charge in [-0.05, 0) is 25.3 Å². The van der Waals surface area contributed by atoms with Crippen LogP contribution < -0.4 is 5.32 Å². The fourth-order valence-electron chi connectivity index (χ4n) is 1.63. The number of unbranched alkanes of at least 4 members (excludes halogenated alkanes) is 3. The summed E-state index contributed by atoms with van der Waals surface area (Å²) in [6, 6.07) is 0. The molecule has 0 spiro atoms. The Balaban J connectivity index is 3.36. The van der Waals surface area contributed by atoms with E-state index in [0.717, 1.165) is 32.0 Å². The van der Waals surface area contributed by atoms with Crippen molar-refractivity contribution in [2.75, 3.05) is 19.7 Å². The van der Waals surface area contributed by atoms with Gasteiger partial charge in [-0.3, -0.25) is 0 Å². The fourth-order valence-corrected chi connectivity index (χ4v) is 1.63. The Bertz CT molecular complexity index is 137. The van der Waals surface area contributed by atoms with Crippen molar-refractivity contribution in [3.63, 3.8) is 0 Å². The van der Waals surface area contributed by atoms with Crippen molar-refractivity contribution in [1.82, 2.24) is 5.32 Å². The SMILES string of the molecule is CCCCCCOC(CC)CNCC(C)C. The van der Waals surface area contributed by atoms with Crippen molar-refractivity contribution in [3.05, 3.63) is 0 Å². The highest BCUT2D eigenvalue weighted by atomic mass is 16.5. The molecule has 0 saturated heterocycles. The molecule has 0 aromatic heterocycles. The highest BCUT2D eigenvalue weighted by Gasteiger charge is 2.05. The van der Waals surface area contributed by atoms with E-state index < -0.39 is 0 Å². The minimum Gasteiger partial charge on any atom is -0.377 e. The van der Waals surface area contributed by atoms with Gasteiger partial charge in [-0.15, -0.1) is 0 Å². The summed E-state index contributed by atoms with van der Waals surface area (Å²) >= 11 is 0. The van der Waals surface area contributed by atoms with Crippen LogP contribution in [0.25, 0.3) is 0 Å². The zero-order valence-electron chi connectivity index (χ0n) is 11.7. The van der Waals surface area contributed by atoms with Gasteiger partial charge in [0.25, 0.3) is 0 Å². The largest absolute Gasteiger partial charge is 0.377 e. The molecule has 0 aliphatic carbocycles. The van der Waals surface area contributed by atoms with Crippen LogP contribution in [0.2, 0.25) is 0 Å². The van der Waals surface area contributed by atoms with Gasteiger partial charge in [-0.1, -0.05) is 47.0 Å². The van der Waals surface area contributed by atoms with Crippen LogP contribution in [-0.4, -0.2) is 25.8 Å². The molecule has 0 radical (unpaired) electrons. The van der Waals surface area contributed by atoms with E-state index in [4.69, 9.17) is 4.74 Å². The lowest BCUT2D eigenvalue weighted by molar-refractivity contribution is 0.0478. The number of rotatable bonds is 11. The zero-order valence-corrected chi connectivity index (χ0v) is 11.7. The molecule has 1 atom stereocenters. The molecule has 1 N–H and O–H groups in total. The van der Waals surface area contributed by atoms with Crippen LogP contribution in [0.15, 0.2) is 0 Å². The number of nitrogens with one attached hydrogen (secondary N) is 1. The van der Waals surface area contributed by atoms with E-state index in [1.807, 2.05) is 0 Å². The summed E-state index contributed by atoms with van der Waals surface area (Å²) in [5, 5.41) is 3.46. The van der Waals surface area contributed by atoms with E-state index in [2.05, 4.69) is 33.0 Å². The van der Waals surface area contributed by atoms with Gasteiger partial charge in [-0.25, -0.2) is 0 Å². The third kappa shape index (κ3) is 10.4. The van der Waals surface area contributed by atoms with E-state index >= 15 is 0 Å². The molecule has 1 unspecified atom stereocenters. The first kappa shape index (κ1) is 15.9. The predicted molar refractivity (Wildman–Crippen MR) is 71.9 cm³/mol. The Morgan fingerprint density at radius 1 is 1.00 bits per heavy atom. The second-order valence-electron chi connectivity index (χ2n) is 5.01. The highest BCUT2D eigenvalue weighted by Crippen LogP contribution is 2.03. The Morgan fingerprint density at radius 3 is 2.31 bits per heavy atom. The van der Waals surface area contributed by atoms with Crippen molar-refractivity contribution in [1.29, 1.82) is 0 Å². The van der Waals surface area contributed by atoms with Gasteiger partial charge in [-0.2, -0.15) is 0 Å². The average molecular weight is 229 g/mol. The lowest BCUT2D eigenvalue weighted by Gasteiger charge is -2.17. The van der Waals surface area contributed by atoms with Gasteiger partial charge in [0.05, 0.1) is 6.10 Å². The second-order valence-corrected chi connectivity index (χ2v) is 5.01. The standard InChI is InChI=1S/C14H31NO/c1-5-7-8-9-10-16-14(6-2)12-15-11-13(3)4/h13-15H,5-12H2,1-4H3. The van der Waals surface area contributed by atoms with E-state index in [-0.39, 0.29) is 0 Å². The van der Waals surface area contributed by atoms with Gasteiger partial charge in [0.2, 0.25) is 0 Å². The van der Waals surface area contributed by atoms with E-state index in [1.54, 1.807) is 0 Å². The predicted octanol–water partition coefficient (Wildman–Crippen LogP) is 3.61. The van der Waals surface area contributed by atoms with Crippen molar-refractivity contribution in [2.45, 2.75) is 65.9 Å². The van der Waals surface area contributed by atoms with Gasteiger partial charge in [0.15, 0.2) is 0 Å². The first-order valence-corrected chi connectivity index (χ1v) is 7.03. The molecule has 0 aromatic carbocycles. The van der Waals surface area contributed by atoms with Gasteiger partial charge < -0.3 is 10.1 Å². The summed E-state index contributed by atoms with van der Waals surface area (Å²) in [6.07, 6.45) is 6.68. The third-order valence-corrected chi connectivity index (χ3v) is 2.73. The lowest BCUT2D eigenvalue weighted by atomic mass is 10.2. The first-order chi connectivity index (χ1) is 7.70. The molecular formula is C14H31NO. The van der Waals surface area contributed by atoms with Crippen LogP contribution in [0.4, 0.5) is 0 Å². The monoisotopic (exact) mass is 229 g/mol. The Labute approximate surface area is 102 Å². The van der Waals surface area contributed by atoms with E-state index in [0.29, 0.717) is 6.10 Å². The van der Waals surface area contributed by atoms with Crippen LogP contribution in [0.1, 0.15) is 59.8 Å². The molecule has 98 valence electrons. The maximum Gasteiger partial charge on any atom is 0.0696 e.